The van der Waals surface area contributed by atoms with Crippen LogP contribution in [0.2, 0.25) is 0 Å². The zero-order chi connectivity index (χ0) is 16.8. The van der Waals surface area contributed by atoms with E-state index in [0.717, 1.165) is 5.57 Å². The Hall–Kier alpha value is -2.15. The van der Waals surface area contributed by atoms with Gasteiger partial charge < -0.3 is 0 Å². The lowest BCUT2D eigenvalue weighted by atomic mass is 10.1. The third-order valence-corrected chi connectivity index (χ3v) is 2.69. The molecule has 22 heavy (non-hydrogen) atoms. The second-order valence-electron chi connectivity index (χ2n) is 3.88. The van der Waals surface area contributed by atoms with Gasteiger partial charge in [0, 0.05) is 24.4 Å². The van der Waals surface area contributed by atoms with E-state index < -0.39 is 0 Å². The molecule has 0 N–H and O–H groups in total. The predicted octanol–water partition coefficient (Wildman–Crippen LogP) is 5.65. The molecule has 0 radical (unpaired) electrons. The molecule has 116 valence electrons. The van der Waals surface area contributed by atoms with Crippen LogP contribution in [0, 0.1) is 0 Å². The minimum Gasteiger partial charge on any atom is -0.294 e. The highest BCUT2D eigenvalue weighted by molar-refractivity contribution is 6.31. The molecule has 1 aromatic rings. The molecule has 0 fully saturated rings. The molecule has 0 aromatic carbocycles. The van der Waals surface area contributed by atoms with Gasteiger partial charge in [-0.3, -0.25) is 9.78 Å². The number of aromatic nitrogens is 1. The van der Waals surface area contributed by atoms with E-state index in [0.29, 0.717) is 17.0 Å². The summed E-state index contributed by atoms with van der Waals surface area (Å²) in [5, 5.41) is 0.619. The fraction of sp³-hybridized carbons (Fsp3) is 0.211. The number of allylic oxidation sites excluding steroid dienone is 6. The Morgan fingerprint density at radius 3 is 2.68 bits per heavy atom. The highest BCUT2D eigenvalue weighted by Crippen LogP contribution is 2.08. The van der Waals surface area contributed by atoms with Crippen LogP contribution in [0.4, 0.5) is 0 Å². The van der Waals surface area contributed by atoms with Crippen LogP contribution < -0.4 is 0 Å². The van der Waals surface area contributed by atoms with Crippen molar-refractivity contribution in [2.24, 2.45) is 0 Å². The summed E-state index contributed by atoms with van der Waals surface area (Å²) in [6.07, 6.45) is 12.9. The second-order valence-corrected chi connectivity index (χ2v) is 4.29. The summed E-state index contributed by atoms with van der Waals surface area (Å²) in [7, 11) is 0. The van der Waals surface area contributed by atoms with Gasteiger partial charge in [-0.25, -0.2) is 0 Å². The summed E-state index contributed by atoms with van der Waals surface area (Å²) in [5.41, 5.74) is 4.60. The first-order valence-corrected chi connectivity index (χ1v) is 7.61. The Morgan fingerprint density at radius 2 is 2.14 bits per heavy atom. The van der Waals surface area contributed by atoms with Crippen molar-refractivity contribution in [3.8, 4) is 0 Å². The first-order chi connectivity index (χ1) is 10.7. The molecular weight excluding hydrogens is 294 g/mol. The van der Waals surface area contributed by atoms with E-state index in [4.69, 9.17) is 11.6 Å². The SMILES string of the molecule is C=CC1=CC=C=C(Cl)C=C1.CC.CCC(=O)c1cccnc1. The minimum absolute atomic E-state index is 0.146. The van der Waals surface area contributed by atoms with Crippen LogP contribution in [-0.4, -0.2) is 10.8 Å². The lowest BCUT2D eigenvalue weighted by molar-refractivity contribution is 0.0988. The van der Waals surface area contributed by atoms with Crippen LogP contribution in [0.15, 0.2) is 77.8 Å². The molecule has 1 aromatic heterocycles. The van der Waals surface area contributed by atoms with E-state index in [1.807, 2.05) is 32.9 Å². The summed E-state index contributed by atoms with van der Waals surface area (Å²) < 4.78 is 0. The number of Topliss-reactive ketones (excluding diaryl/α,β-unsaturated/α-hetero) is 1. The summed E-state index contributed by atoms with van der Waals surface area (Å²) in [6.45, 7) is 9.47. The number of rotatable bonds is 3. The molecule has 0 spiro atoms. The molecule has 1 heterocycles. The number of ketones is 1. The van der Waals surface area contributed by atoms with E-state index in [-0.39, 0.29) is 5.78 Å². The Labute approximate surface area is 138 Å². The average molecular weight is 316 g/mol. The number of nitrogens with zero attached hydrogens (tertiary/aromatic N) is 1. The maximum Gasteiger partial charge on any atom is 0.164 e. The largest absolute Gasteiger partial charge is 0.294 e. The van der Waals surface area contributed by atoms with E-state index in [2.05, 4.69) is 17.3 Å². The van der Waals surface area contributed by atoms with Gasteiger partial charge in [0.2, 0.25) is 0 Å². The molecule has 0 atom stereocenters. The molecule has 2 rings (SSSR count). The Kier molecular flexibility index (Phi) is 11.4. The molecule has 0 unspecified atom stereocenters. The zero-order valence-corrected chi connectivity index (χ0v) is 14.1. The molecule has 2 nitrogen and oxygen atoms in total. The van der Waals surface area contributed by atoms with Crippen molar-refractivity contribution in [2.45, 2.75) is 27.2 Å². The number of hydrogen-bond acceptors (Lipinski definition) is 2. The lowest BCUT2D eigenvalue weighted by Crippen LogP contribution is -1.95. The first-order valence-electron chi connectivity index (χ1n) is 7.23. The van der Waals surface area contributed by atoms with Gasteiger partial charge >= 0.3 is 0 Å². The number of pyridine rings is 1. The molecule has 0 amide bonds. The molecule has 1 aliphatic rings. The van der Waals surface area contributed by atoms with Gasteiger partial charge in [-0.15, -0.1) is 5.73 Å². The molecule has 0 saturated heterocycles. The van der Waals surface area contributed by atoms with Crippen LogP contribution >= 0.6 is 11.6 Å². The van der Waals surface area contributed by atoms with Crippen molar-refractivity contribution in [1.82, 2.24) is 4.98 Å². The molecule has 0 bridgehead atoms. The standard InChI is InChI=1S/C9H7Cl.C8H9NO.C2H6/c1-2-8-4-3-5-9(10)7-6-8;1-2-8(10)7-4-3-5-9-6-7;1-2/h2-4,6-7H,1H2;3-6H,2H2,1H3;1-2H3. The van der Waals surface area contributed by atoms with Crippen molar-refractivity contribution >= 4 is 17.4 Å². The number of carbonyl (C=O) groups is 1. The van der Waals surface area contributed by atoms with Crippen molar-refractivity contribution < 1.29 is 4.79 Å². The summed E-state index contributed by atoms with van der Waals surface area (Å²) in [4.78, 5) is 14.8. The molecular formula is C19H22ClNO. The van der Waals surface area contributed by atoms with Gasteiger partial charge in [-0.05, 0) is 35.9 Å². The molecule has 0 aliphatic heterocycles. The Balaban J connectivity index is 0.000000360. The predicted molar refractivity (Wildman–Crippen MR) is 95.1 cm³/mol. The summed E-state index contributed by atoms with van der Waals surface area (Å²) in [5.74, 6) is 0.146. The van der Waals surface area contributed by atoms with Crippen LogP contribution in [0.3, 0.4) is 0 Å². The number of halogens is 1. The van der Waals surface area contributed by atoms with Gasteiger partial charge in [-0.2, -0.15) is 0 Å². The normalized spacial score (nSPS) is 11.6. The highest BCUT2D eigenvalue weighted by atomic mass is 35.5. The van der Waals surface area contributed by atoms with Gasteiger partial charge in [0.25, 0.3) is 0 Å². The van der Waals surface area contributed by atoms with E-state index in [9.17, 15) is 4.79 Å². The average Bonchev–Trinajstić information content (AvgIpc) is 2.81. The van der Waals surface area contributed by atoms with Crippen molar-refractivity contribution in [3.63, 3.8) is 0 Å². The molecule has 1 aliphatic carbocycles. The lowest BCUT2D eigenvalue weighted by Gasteiger charge is -1.92. The topological polar surface area (TPSA) is 30.0 Å². The smallest absolute Gasteiger partial charge is 0.164 e. The third kappa shape index (κ3) is 8.21. The monoisotopic (exact) mass is 315 g/mol. The molecule has 3 heteroatoms. The van der Waals surface area contributed by atoms with Crippen LogP contribution in [0.5, 0.6) is 0 Å². The van der Waals surface area contributed by atoms with Gasteiger partial charge in [-0.1, -0.05) is 51.1 Å². The fourth-order valence-electron chi connectivity index (χ4n) is 1.36. The van der Waals surface area contributed by atoms with Crippen LogP contribution in [0.25, 0.3) is 0 Å². The quantitative estimate of drug-likeness (QED) is 0.533. The first kappa shape index (κ1) is 19.9. The molecule has 0 saturated carbocycles. The minimum atomic E-state index is 0.146. The third-order valence-electron chi connectivity index (χ3n) is 2.46. The van der Waals surface area contributed by atoms with Crippen molar-refractivity contribution in [1.29, 1.82) is 0 Å². The Bertz CT molecular complexity index is 591. The van der Waals surface area contributed by atoms with Gasteiger partial charge in [0.15, 0.2) is 5.78 Å². The highest BCUT2D eigenvalue weighted by Gasteiger charge is 1.99. The summed E-state index contributed by atoms with van der Waals surface area (Å²) in [6, 6.07) is 3.54. The number of hydrogen-bond donors (Lipinski definition) is 0. The van der Waals surface area contributed by atoms with E-state index in [1.165, 1.54) is 0 Å². The van der Waals surface area contributed by atoms with Crippen molar-refractivity contribution in [3.05, 3.63) is 83.4 Å². The Morgan fingerprint density at radius 1 is 1.41 bits per heavy atom. The van der Waals surface area contributed by atoms with Gasteiger partial charge in [0.1, 0.15) is 0 Å². The van der Waals surface area contributed by atoms with E-state index >= 15 is 0 Å². The number of carbonyl (C=O) groups excluding carboxylic acids is 1. The van der Waals surface area contributed by atoms with Crippen LogP contribution in [-0.2, 0) is 0 Å². The second kappa shape index (κ2) is 12.6. The zero-order valence-electron chi connectivity index (χ0n) is 13.3. The van der Waals surface area contributed by atoms with Gasteiger partial charge in [0.05, 0.1) is 5.03 Å². The maximum absolute atomic E-state index is 11.0. The van der Waals surface area contributed by atoms with Crippen molar-refractivity contribution in [2.75, 3.05) is 0 Å². The van der Waals surface area contributed by atoms with E-state index in [1.54, 1.807) is 42.8 Å². The van der Waals surface area contributed by atoms with Crippen LogP contribution in [0.1, 0.15) is 37.6 Å². The fourth-order valence-corrected chi connectivity index (χ4v) is 1.48. The summed E-state index contributed by atoms with van der Waals surface area (Å²) >= 11 is 5.66. The maximum atomic E-state index is 11.0.